The fourth-order valence-corrected chi connectivity index (χ4v) is 4.12. The maximum atomic E-state index is 13.2. The van der Waals surface area contributed by atoms with Gasteiger partial charge in [-0.2, -0.15) is 10.2 Å². The van der Waals surface area contributed by atoms with Gasteiger partial charge in [-0.1, -0.05) is 42.2 Å². The van der Waals surface area contributed by atoms with Gasteiger partial charge in [-0.15, -0.1) is 0 Å². The molecule has 2 aliphatic heterocycles. The van der Waals surface area contributed by atoms with Crippen LogP contribution in [0.4, 0.5) is 5.69 Å². The molecule has 0 radical (unpaired) electrons. The Morgan fingerprint density at radius 1 is 0.825 bits per heavy atom. The number of benzene rings is 2. The van der Waals surface area contributed by atoms with Gasteiger partial charge in [0.1, 0.15) is 0 Å². The van der Waals surface area contributed by atoms with Gasteiger partial charge in [0.05, 0.1) is 38.7 Å². The number of hydrogen-bond donors (Lipinski definition) is 2. The lowest BCUT2D eigenvalue weighted by molar-refractivity contribution is -0.125. The summed E-state index contributed by atoms with van der Waals surface area (Å²) >= 11 is 0. The van der Waals surface area contributed by atoms with E-state index < -0.39 is 0 Å². The summed E-state index contributed by atoms with van der Waals surface area (Å²) in [5.74, 6) is 6.00. The van der Waals surface area contributed by atoms with Gasteiger partial charge < -0.3 is 25.0 Å². The van der Waals surface area contributed by atoms with Crippen LogP contribution in [0.1, 0.15) is 49.3 Å². The first-order valence-corrected chi connectivity index (χ1v) is 13.6. The largest absolute Gasteiger partial charge is 0.377 e. The molecule has 4 rings (SSSR count). The number of nitrogens with zero attached hydrogens (tertiary/aromatic N) is 3. The molecular weight excluding hydrogens is 510 g/mol. The van der Waals surface area contributed by atoms with E-state index in [0.29, 0.717) is 58.9 Å². The van der Waals surface area contributed by atoms with E-state index in [9.17, 15) is 14.4 Å². The molecule has 0 unspecified atom stereocenters. The molecule has 40 heavy (non-hydrogen) atoms. The fraction of sp³-hybridized carbons (Fsp3) is 0.433. The highest BCUT2D eigenvalue weighted by Crippen LogP contribution is 2.31. The summed E-state index contributed by atoms with van der Waals surface area (Å²) in [5.41, 5.74) is 3.05. The molecule has 2 aromatic carbocycles. The molecule has 0 bridgehead atoms. The van der Waals surface area contributed by atoms with Gasteiger partial charge in [-0.3, -0.25) is 14.4 Å². The van der Waals surface area contributed by atoms with Crippen molar-refractivity contribution < 1.29 is 23.9 Å². The highest BCUT2D eigenvalue weighted by molar-refractivity contribution is 5.96. The average Bonchev–Trinajstić information content (AvgIpc) is 3.70. The predicted octanol–water partition coefficient (Wildman–Crippen LogP) is 2.94. The molecular formula is C30H35N5O5. The van der Waals surface area contributed by atoms with Crippen molar-refractivity contribution in [2.75, 3.05) is 44.4 Å². The Hall–Kier alpha value is -4.07. The molecule has 0 saturated carbocycles. The first-order chi connectivity index (χ1) is 19.4. The molecule has 0 aliphatic carbocycles. The van der Waals surface area contributed by atoms with E-state index >= 15 is 0 Å². The Morgan fingerprint density at radius 3 is 2.12 bits per heavy atom. The lowest BCUT2D eigenvalue weighted by Crippen LogP contribution is -2.34. The van der Waals surface area contributed by atoms with Crippen LogP contribution in [0.25, 0.3) is 0 Å². The number of hydrogen-bond acceptors (Lipinski definition) is 7. The van der Waals surface area contributed by atoms with E-state index in [0.717, 1.165) is 22.4 Å². The zero-order valence-electron chi connectivity index (χ0n) is 22.8. The SMILES string of the molecule is CC1(CCC(=O)NCCOCCOCCNC(=O)CCC(=O)N2Cc3ccccc3C#Cc3ccccc32)N=N1. The van der Waals surface area contributed by atoms with Crippen LogP contribution in [0, 0.1) is 11.8 Å². The van der Waals surface area contributed by atoms with Gasteiger partial charge in [-0.25, -0.2) is 0 Å². The van der Waals surface area contributed by atoms with Crippen LogP contribution >= 0.6 is 0 Å². The molecule has 3 amide bonds. The summed E-state index contributed by atoms with van der Waals surface area (Å²) in [7, 11) is 0. The molecule has 210 valence electrons. The number of nitrogens with one attached hydrogen (secondary N) is 2. The smallest absolute Gasteiger partial charge is 0.227 e. The van der Waals surface area contributed by atoms with Crippen LogP contribution in [0.2, 0.25) is 0 Å². The first kappa shape index (κ1) is 28.9. The zero-order valence-corrected chi connectivity index (χ0v) is 22.8. The lowest BCUT2D eigenvalue weighted by atomic mass is 10.0. The maximum absolute atomic E-state index is 13.2. The number of carbonyl (C=O) groups is 3. The van der Waals surface area contributed by atoms with Crippen molar-refractivity contribution >= 4 is 23.4 Å². The van der Waals surface area contributed by atoms with E-state index in [-0.39, 0.29) is 36.2 Å². The van der Waals surface area contributed by atoms with E-state index in [1.807, 2.05) is 55.5 Å². The van der Waals surface area contributed by atoms with Gasteiger partial charge >= 0.3 is 0 Å². The maximum Gasteiger partial charge on any atom is 0.227 e. The molecule has 0 fully saturated rings. The molecule has 2 aromatic rings. The summed E-state index contributed by atoms with van der Waals surface area (Å²) in [4.78, 5) is 39.0. The number of amides is 3. The number of carbonyl (C=O) groups excluding carboxylic acids is 3. The molecule has 2 aliphatic rings. The minimum atomic E-state index is -0.357. The summed E-state index contributed by atoms with van der Waals surface area (Å²) in [6.07, 6.45) is 1.19. The number of anilines is 1. The monoisotopic (exact) mass is 545 g/mol. The van der Waals surface area contributed by atoms with Crippen molar-refractivity contribution in [2.24, 2.45) is 10.2 Å². The van der Waals surface area contributed by atoms with Crippen molar-refractivity contribution in [2.45, 2.75) is 44.8 Å². The Labute approximate surface area is 234 Å². The Morgan fingerprint density at radius 2 is 1.43 bits per heavy atom. The quantitative estimate of drug-likeness (QED) is 0.263. The second-order valence-electron chi connectivity index (χ2n) is 9.75. The third kappa shape index (κ3) is 9.00. The fourth-order valence-electron chi connectivity index (χ4n) is 4.12. The van der Waals surface area contributed by atoms with Crippen molar-refractivity contribution in [3.63, 3.8) is 0 Å². The van der Waals surface area contributed by atoms with Gasteiger partial charge in [0.15, 0.2) is 5.66 Å². The van der Waals surface area contributed by atoms with Crippen LogP contribution in [0.5, 0.6) is 0 Å². The van der Waals surface area contributed by atoms with Crippen molar-refractivity contribution in [3.05, 3.63) is 65.2 Å². The second-order valence-corrected chi connectivity index (χ2v) is 9.75. The summed E-state index contributed by atoms with van der Waals surface area (Å²) in [6.45, 7) is 4.56. The van der Waals surface area contributed by atoms with Crippen molar-refractivity contribution in [1.82, 2.24) is 10.6 Å². The minimum Gasteiger partial charge on any atom is -0.377 e. The summed E-state index contributed by atoms with van der Waals surface area (Å²) < 4.78 is 10.9. The predicted molar refractivity (Wildman–Crippen MR) is 149 cm³/mol. The Balaban J connectivity index is 1.07. The standard InChI is InChI=1S/C30H35N5O5/c1-30(33-34-30)15-14-28(37)32-17-19-40-21-20-39-18-16-31-27(36)12-13-29(38)35-22-25-8-3-2-6-23(25)10-11-24-7-4-5-9-26(24)35/h2-9H,12-22H2,1H3,(H,31,36)(H,32,37). The Bertz CT molecular complexity index is 1290. The molecule has 0 atom stereocenters. The molecule has 10 nitrogen and oxygen atoms in total. The topological polar surface area (TPSA) is 122 Å². The summed E-state index contributed by atoms with van der Waals surface area (Å²) in [5, 5.41) is 13.4. The van der Waals surface area contributed by atoms with Gasteiger partial charge in [0.2, 0.25) is 17.7 Å². The van der Waals surface area contributed by atoms with E-state index in [1.54, 1.807) is 4.90 Å². The molecule has 2 heterocycles. The molecule has 0 saturated heterocycles. The first-order valence-electron chi connectivity index (χ1n) is 13.6. The molecule has 0 aromatic heterocycles. The minimum absolute atomic E-state index is 0.0397. The van der Waals surface area contributed by atoms with E-state index in [2.05, 4.69) is 32.7 Å². The van der Waals surface area contributed by atoms with Crippen LogP contribution in [-0.4, -0.2) is 62.9 Å². The highest BCUT2D eigenvalue weighted by Gasteiger charge is 2.33. The molecule has 10 heteroatoms. The summed E-state index contributed by atoms with van der Waals surface area (Å²) in [6, 6.07) is 15.4. The van der Waals surface area contributed by atoms with Gasteiger partial charge in [-0.05, 0) is 30.7 Å². The van der Waals surface area contributed by atoms with Crippen LogP contribution < -0.4 is 15.5 Å². The van der Waals surface area contributed by atoms with Crippen molar-refractivity contribution in [3.8, 4) is 11.8 Å². The van der Waals surface area contributed by atoms with Gasteiger partial charge in [0, 0.05) is 49.9 Å². The van der Waals surface area contributed by atoms with Crippen LogP contribution in [0.15, 0.2) is 58.8 Å². The number of fused-ring (bicyclic) bond motifs is 2. The third-order valence-electron chi connectivity index (χ3n) is 6.52. The van der Waals surface area contributed by atoms with E-state index in [4.69, 9.17) is 9.47 Å². The second kappa shape index (κ2) is 14.4. The van der Waals surface area contributed by atoms with Gasteiger partial charge in [0.25, 0.3) is 0 Å². The van der Waals surface area contributed by atoms with Crippen LogP contribution in [0.3, 0.4) is 0 Å². The number of rotatable bonds is 15. The van der Waals surface area contributed by atoms with E-state index in [1.165, 1.54) is 0 Å². The van der Waals surface area contributed by atoms with Crippen molar-refractivity contribution in [1.29, 1.82) is 0 Å². The number of para-hydroxylation sites is 1. The number of ether oxygens (including phenoxy) is 2. The zero-order chi connectivity index (χ0) is 28.2. The highest BCUT2D eigenvalue weighted by atomic mass is 16.5. The van der Waals surface area contributed by atoms with Crippen LogP contribution in [-0.2, 0) is 30.4 Å². The third-order valence-corrected chi connectivity index (χ3v) is 6.52. The lowest BCUT2D eigenvalue weighted by Gasteiger charge is -2.26. The normalized spacial score (nSPS) is 14.1. The Kier molecular flexibility index (Phi) is 10.4. The molecule has 2 N–H and O–H groups in total. The molecule has 0 spiro atoms. The average molecular weight is 546 g/mol.